The Balaban J connectivity index is 2.26. The summed E-state index contributed by atoms with van der Waals surface area (Å²) in [5.41, 5.74) is 5.17. The van der Waals surface area contributed by atoms with E-state index < -0.39 is 0 Å². The Morgan fingerprint density at radius 3 is 2.20 bits per heavy atom. The number of halogens is 1. The van der Waals surface area contributed by atoms with Crippen LogP contribution in [0, 0.1) is 6.92 Å². The lowest BCUT2D eigenvalue weighted by molar-refractivity contribution is 0.506. The van der Waals surface area contributed by atoms with Gasteiger partial charge in [0.25, 0.3) is 0 Å². The summed E-state index contributed by atoms with van der Waals surface area (Å²) in [5.74, 6) is 0. The predicted octanol–water partition coefficient (Wildman–Crippen LogP) is 6.01. The van der Waals surface area contributed by atoms with E-state index >= 15 is 0 Å². The summed E-state index contributed by atoms with van der Waals surface area (Å²) in [6.45, 7) is 8.88. The molecular weight excluding hydrogens is 264 g/mol. The van der Waals surface area contributed by atoms with E-state index in [0.29, 0.717) is 0 Å². The van der Waals surface area contributed by atoms with Crippen LogP contribution in [0.5, 0.6) is 0 Å². The SMILES string of the molecule is CCC(C)(C)c1ccc(C(Cl)c2cccc(C)c2)cc1. The third kappa shape index (κ3) is 3.24. The van der Waals surface area contributed by atoms with Crippen molar-refractivity contribution in [2.75, 3.05) is 0 Å². The van der Waals surface area contributed by atoms with Crippen molar-refractivity contribution < 1.29 is 0 Å². The molecule has 1 atom stereocenters. The van der Waals surface area contributed by atoms with Crippen molar-refractivity contribution in [3.8, 4) is 0 Å². The van der Waals surface area contributed by atoms with Crippen LogP contribution in [-0.2, 0) is 5.41 Å². The van der Waals surface area contributed by atoms with Gasteiger partial charge in [0.15, 0.2) is 0 Å². The molecule has 0 aliphatic heterocycles. The Bertz CT molecular complexity index is 567. The molecule has 0 radical (unpaired) electrons. The van der Waals surface area contributed by atoms with Crippen LogP contribution in [0.3, 0.4) is 0 Å². The fourth-order valence-electron chi connectivity index (χ4n) is 2.33. The highest BCUT2D eigenvalue weighted by Gasteiger charge is 2.18. The molecule has 0 N–H and O–H groups in total. The maximum absolute atomic E-state index is 6.60. The predicted molar refractivity (Wildman–Crippen MR) is 88.6 cm³/mol. The Hall–Kier alpha value is -1.27. The summed E-state index contributed by atoms with van der Waals surface area (Å²) in [5, 5.41) is -0.0753. The topological polar surface area (TPSA) is 0 Å². The summed E-state index contributed by atoms with van der Waals surface area (Å²) in [6.07, 6.45) is 1.13. The van der Waals surface area contributed by atoms with E-state index in [4.69, 9.17) is 11.6 Å². The van der Waals surface area contributed by atoms with Crippen LogP contribution in [0.1, 0.15) is 54.8 Å². The van der Waals surface area contributed by atoms with Crippen LogP contribution in [-0.4, -0.2) is 0 Å². The molecule has 2 rings (SSSR count). The van der Waals surface area contributed by atoms with Gasteiger partial charge in [-0.2, -0.15) is 0 Å². The summed E-state index contributed by atoms with van der Waals surface area (Å²) >= 11 is 6.60. The van der Waals surface area contributed by atoms with Gasteiger partial charge < -0.3 is 0 Å². The van der Waals surface area contributed by atoms with Crippen molar-refractivity contribution in [1.82, 2.24) is 0 Å². The zero-order valence-corrected chi connectivity index (χ0v) is 13.5. The van der Waals surface area contributed by atoms with Crippen LogP contribution in [0.15, 0.2) is 48.5 Å². The summed E-state index contributed by atoms with van der Waals surface area (Å²) in [4.78, 5) is 0. The van der Waals surface area contributed by atoms with E-state index in [1.807, 2.05) is 0 Å². The second-order valence-electron chi connectivity index (χ2n) is 6.14. The maximum atomic E-state index is 6.60. The van der Waals surface area contributed by atoms with Gasteiger partial charge in [0.2, 0.25) is 0 Å². The molecule has 0 aliphatic rings. The molecule has 0 aliphatic carbocycles. The third-order valence-electron chi connectivity index (χ3n) is 4.20. The summed E-state index contributed by atoms with van der Waals surface area (Å²) in [6, 6.07) is 17.2. The van der Waals surface area contributed by atoms with Crippen molar-refractivity contribution in [2.45, 2.75) is 44.9 Å². The maximum Gasteiger partial charge on any atom is 0.0835 e. The van der Waals surface area contributed by atoms with E-state index in [1.165, 1.54) is 11.1 Å². The highest BCUT2D eigenvalue weighted by Crippen LogP contribution is 2.32. The Kier molecular flexibility index (Phi) is 4.55. The van der Waals surface area contributed by atoms with E-state index in [1.54, 1.807) is 0 Å². The Morgan fingerprint density at radius 1 is 1.00 bits per heavy atom. The Labute approximate surface area is 127 Å². The molecule has 1 unspecified atom stereocenters. The summed E-state index contributed by atoms with van der Waals surface area (Å²) in [7, 11) is 0. The first kappa shape index (κ1) is 15.1. The standard InChI is InChI=1S/C19H23Cl/c1-5-19(3,4)17-11-9-15(10-12-17)18(20)16-8-6-7-14(2)13-16/h6-13,18H,5H2,1-4H3. The monoisotopic (exact) mass is 286 g/mol. The molecule has 0 heterocycles. The molecule has 0 bridgehead atoms. The molecule has 0 aromatic heterocycles. The van der Waals surface area contributed by atoms with Gasteiger partial charge in [-0.3, -0.25) is 0 Å². The molecule has 0 fully saturated rings. The van der Waals surface area contributed by atoms with Crippen LogP contribution < -0.4 is 0 Å². The second kappa shape index (κ2) is 6.01. The average Bonchev–Trinajstić information content (AvgIpc) is 2.46. The molecular formula is C19H23Cl. The van der Waals surface area contributed by atoms with Gasteiger partial charge in [0, 0.05) is 0 Å². The van der Waals surface area contributed by atoms with Crippen molar-refractivity contribution in [3.63, 3.8) is 0 Å². The van der Waals surface area contributed by atoms with Crippen LogP contribution in [0.2, 0.25) is 0 Å². The van der Waals surface area contributed by atoms with Crippen LogP contribution in [0.25, 0.3) is 0 Å². The van der Waals surface area contributed by atoms with Gasteiger partial charge in [0.1, 0.15) is 0 Å². The van der Waals surface area contributed by atoms with Crippen molar-refractivity contribution >= 4 is 11.6 Å². The van der Waals surface area contributed by atoms with E-state index in [2.05, 4.69) is 76.2 Å². The lowest BCUT2D eigenvalue weighted by Gasteiger charge is -2.24. The molecule has 0 spiro atoms. The average molecular weight is 287 g/mol. The zero-order valence-electron chi connectivity index (χ0n) is 12.8. The number of rotatable bonds is 4. The van der Waals surface area contributed by atoms with E-state index in [9.17, 15) is 0 Å². The van der Waals surface area contributed by atoms with E-state index in [0.717, 1.165) is 17.5 Å². The first-order valence-electron chi connectivity index (χ1n) is 7.25. The first-order chi connectivity index (χ1) is 9.44. The molecule has 2 aromatic carbocycles. The highest BCUT2D eigenvalue weighted by atomic mass is 35.5. The molecule has 2 aromatic rings. The summed E-state index contributed by atoms with van der Waals surface area (Å²) < 4.78 is 0. The minimum absolute atomic E-state index is 0.0753. The molecule has 0 saturated carbocycles. The van der Waals surface area contributed by atoms with Gasteiger partial charge in [-0.05, 0) is 35.4 Å². The number of hydrogen-bond donors (Lipinski definition) is 0. The van der Waals surface area contributed by atoms with Crippen molar-refractivity contribution in [3.05, 3.63) is 70.8 Å². The fraction of sp³-hybridized carbons (Fsp3) is 0.368. The number of hydrogen-bond acceptors (Lipinski definition) is 0. The van der Waals surface area contributed by atoms with Crippen molar-refractivity contribution in [1.29, 1.82) is 0 Å². The van der Waals surface area contributed by atoms with Crippen LogP contribution in [0.4, 0.5) is 0 Å². The molecule has 106 valence electrons. The highest BCUT2D eigenvalue weighted by molar-refractivity contribution is 6.22. The largest absolute Gasteiger partial charge is 0.113 e. The molecule has 0 amide bonds. The quantitative estimate of drug-likeness (QED) is 0.604. The van der Waals surface area contributed by atoms with E-state index in [-0.39, 0.29) is 10.8 Å². The molecule has 0 nitrogen and oxygen atoms in total. The van der Waals surface area contributed by atoms with Gasteiger partial charge >= 0.3 is 0 Å². The zero-order chi connectivity index (χ0) is 14.8. The minimum Gasteiger partial charge on any atom is -0.113 e. The van der Waals surface area contributed by atoms with Gasteiger partial charge in [0.05, 0.1) is 5.38 Å². The Morgan fingerprint density at radius 2 is 1.65 bits per heavy atom. The lowest BCUT2D eigenvalue weighted by atomic mass is 9.82. The van der Waals surface area contributed by atoms with Gasteiger partial charge in [-0.15, -0.1) is 11.6 Å². The molecule has 1 heteroatoms. The smallest absolute Gasteiger partial charge is 0.0835 e. The molecule has 0 saturated heterocycles. The number of benzene rings is 2. The van der Waals surface area contributed by atoms with Gasteiger partial charge in [-0.1, -0.05) is 74.9 Å². The van der Waals surface area contributed by atoms with Gasteiger partial charge in [-0.25, -0.2) is 0 Å². The van der Waals surface area contributed by atoms with Crippen LogP contribution >= 0.6 is 11.6 Å². The second-order valence-corrected chi connectivity index (χ2v) is 6.57. The number of aryl methyl sites for hydroxylation is 1. The third-order valence-corrected chi connectivity index (χ3v) is 4.71. The normalized spacial score (nSPS) is 13.2. The fourth-order valence-corrected chi connectivity index (χ4v) is 2.61. The first-order valence-corrected chi connectivity index (χ1v) is 7.69. The number of alkyl halides is 1. The lowest BCUT2D eigenvalue weighted by Crippen LogP contribution is -2.15. The minimum atomic E-state index is -0.0753. The molecule has 20 heavy (non-hydrogen) atoms. The van der Waals surface area contributed by atoms with Crippen molar-refractivity contribution in [2.24, 2.45) is 0 Å².